The van der Waals surface area contributed by atoms with Gasteiger partial charge in [-0.25, -0.2) is 0 Å². The zero-order valence-electron chi connectivity index (χ0n) is 36.2. The first kappa shape index (κ1) is 37.8. The van der Waals surface area contributed by atoms with Crippen LogP contribution in [0, 0.1) is 0 Å². The van der Waals surface area contributed by atoms with Crippen LogP contribution >= 0.6 is 0 Å². The highest BCUT2D eigenvalue weighted by Gasteiger charge is 2.38. The zero-order valence-corrected chi connectivity index (χ0v) is 36.2. The number of benzene rings is 8. The molecule has 0 saturated carbocycles. The van der Waals surface area contributed by atoms with E-state index in [2.05, 4.69) is 225 Å². The molecule has 1 heteroatoms. The number of fused-ring (bicyclic) bond motifs is 8. The third kappa shape index (κ3) is 5.59. The fourth-order valence-electron chi connectivity index (χ4n) is 10.6. The minimum Gasteiger partial charge on any atom is -0.309 e. The van der Waals surface area contributed by atoms with Crippen molar-refractivity contribution in [3.8, 4) is 22.3 Å². The first-order chi connectivity index (χ1) is 28.8. The molecule has 8 aromatic rings. The zero-order chi connectivity index (χ0) is 41.7. The lowest BCUT2D eigenvalue weighted by molar-refractivity contribution is 0.596. The summed E-state index contributed by atoms with van der Waals surface area (Å²) in [5.41, 5.74) is 17.7. The molecule has 0 saturated heterocycles. The molecule has 1 nitrogen and oxygen atoms in total. The van der Waals surface area contributed by atoms with E-state index in [1.54, 1.807) is 0 Å². The third-order valence-electron chi connectivity index (χ3n) is 13.9. The van der Waals surface area contributed by atoms with Gasteiger partial charge < -0.3 is 4.90 Å². The van der Waals surface area contributed by atoms with E-state index < -0.39 is 0 Å². The van der Waals surface area contributed by atoms with Gasteiger partial charge in [0.25, 0.3) is 0 Å². The predicted molar refractivity (Wildman–Crippen MR) is 260 cm³/mol. The molecule has 0 radical (unpaired) electrons. The van der Waals surface area contributed by atoms with Gasteiger partial charge >= 0.3 is 0 Å². The van der Waals surface area contributed by atoms with Crippen LogP contribution in [-0.4, -0.2) is 0 Å². The fourth-order valence-corrected chi connectivity index (χ4v) is 10.6. The van der Waals surface area contributed by atoms with E-state index in [9.17, 15) is 0 Å². The molecule has 0 heterocycles. The molecule has 60 heavy (non-hydrogen) atoms. The van der Waals surface area contributed by atoms with Crippen LogP contribution in [0.3, 0.4) is 0 Å². The maximum atomic E-state index is 4.01. The van der Waals surface area contributed by atoms with Gasteiger partial charge in [0.05, 0.1) is 11.4 Å². The van der Waals surface area contributed by atoms with Crippen LogP contribution in [0.4, 0.5) is 17.1 Å². The molecule has 0 fully saturated rings. The highest BCUT2D eigenvalue weighted by atomic mass is 15.1. The van der Waals surface area contributed by atoms with Gasteiger partial charge in [0.2, 0.25) is 0 Å². The van der Waals surface area contributed by atoms with Crippen molar-refractivity contribution in [2.45, 2.75) is 71.6 Å². The smallest absolute Gasteiger partial charge is 0.0546 e. The molecule has 8 aromatic carbocycles. The standard InChI is InChI=1S/C59H53N/c1-10-11-20-42-37(2)58(6,7)51-30-26-40(35-48(42)51)55-43-21-14-12-18-38(43)27-33-54(55)60(53-34-32-50(57(3,4)5)45-23-16-17-24-46(45)53)41-28-31-52-49(36-41)47-29-25-39-19-13-15-22-44(39)56(47)59(52,8)9/h10-36H,1H2,2-9H3/b20-11-. The van der Waals surface area contributed by atoms with E-state index in [1.807, 2.05) is 6.08 Å². The molecule has 0 N–H and O–H groups in total. The van der Waals surface area contributed by atoms with Gasteiger partial charge in [-0.1, -0.05) is 194 Å². The molecular weight excluding hydrogens is 723 g/mol. The highest BCUT2D eigenvalue weighted by Crippen LogP contribution is 2.55. The molecule has 0 atom stereocenters. The van der Waals surface area contributed by atoms with Gasteiger partial charge in [0.15, 0.2) is 0 Å². The van der Waals surface area contributed by atoms with E-state index in [-0.39, 0.29) is 16.2 Å². The van der Waals surface area contributed by atoms with Crippen molar-refractivity contribution in [2.24, 2.45) is 0 Å². The summed E-state index contributed by atoms with van der Waals surface area (Å²) in [7, 11) is 0. The first-order valence-electron chi connectivity index (χ1n) is 21.5. The minimum atomic E-state index is -0.147. The second-order valence-electron chi connectivity index (χ2n) is 19.0. The van der Waals surface area contributed by atoms with Crippen molar-refractivity contribution in [3.05, 3.63) is 204 Å². The largest absolute Gasteiger partial charge is 0.309 e. The van der Waals surface area contributed by atoms with Crippen LogP contribution in [0.1, 0.15) is 83.2 Å². The Morgan fingerprint density at radius 3 is 1.90 bits per heavy atom. The summed E-state index contributed by atoms with van der Waals surface area (Å²) >= 11 is 0. The van der Waals surface area contributed by atoms with Gasteiger partial charge in [0.1, 0.15) is 0 Å². The monoisotopic (exact) mass is 775 g/mol. The Morgan fingerprint density at radius 1 is 0.550 bits per heavy atom. The molecule has 0 spiro atoms. The van der Waals surface area contributed by atoms with Crippen molar-refractivity contribution >= 4 is 55.0 Å². The Kier molecular flexibility index (Phi) is 8.54. The van der Waals surface area contributed by atoms with Crippen molar-refractivity contribution in [2.75, 3.05) is 4.90 Å². The van der Waals surface area contributed by atoms with E-state index in [4.69, 9.17) is 0 Å². The van der Waals surface area contributed by atoms with Crippen LogP contribution in [-0.2, 0) is 16.2 Å². The summed E-state index contributed by atoms with van der Waals surface area (Å²) in [6, 6.07) is 55.3. The Bertz CT molecular complexity index is 3160. The maximum absolute atomic E-state index is 4.01. The highest BCUT2D eigenvalue weighted by molar-refractivity contribution is 6.09. The summed E-state index contributed by atoms with van der Waals surface area (Å²) in [5, 5.41) is 7.60. The van der Waals surface area contributed by atoms with Gasteiger partial charge in [-0.05, 0) is 120 Å². The Balaban J connectivity index is 1.29. The first-order valence-corrected chi connectivity index (χ1v) is 21.5. The molecule has 0 aliphatic heterocycles. The van der Waals surface area contributed by atoms with E-state index in [1.165, 1.54) is 99.2 Å². The van der Waals surface area contributed by atoms with Gasteiger partial charge in [-0.15, -0.1) is 0 Å². The number of hydrogen-bond donors (Lipinski definition) is 0. The number of rotatable bonds is 6. The van der Waals surface area contributed by atoms with Crippen molar-refractivity contribution in [1.82, 2.24) is 0 Å². The van der Waals surface area contributed by atoms with Crippen LogP contribution in [0.25, 0.3) is 60.1 Å². The molecule has 0 aromatic heterocycles. The van der Waals surface area contributed by atoms with E-state index in [0.29, 0.717) is 0 Å². The normalized spacial score (nSPS) is 15.2. The minimum absolute atomic E-state index is 0.0235. The summed E-state index contributed by atoms with van der Waals surface area (Å²) < 4.78 is 0. The molecule has 2 aliphatic rings. The van der Waals surface area contributed by atoms with Crippen LogP contribution in [0.2, 0.25) is 0 Å². The summed E-state index contributed by atoms with van der Waals surface area (Å²) in [6.07, 6.45) is 6.19. The average Bonchev–Trinajstić information content (AvgIpc) is 3.59. The number of hydrogen-bond acceptors (Lipinski definition) is 1. The lowest BCUT2D eigenvalue weighted by atomic mass is 9.80. The maximum Gasteiger partial charge on any atom is 0.0546 e. The number of nitrogens with zero attached hydrogens (tertiary/aromatic N) is 1. The lowest BCUT2D eigenvalue weighted by Crippen LogP contribution is -2.17. The SMILES string of the molecule is C=C/C=C\C1=C(C)C(C)(C)c2ccc(-c3c(N(c4ccc5c(c4)-c4ccc6ccccc6c4C5(C)C)c4ccc(C(C)(C)C)c5ccccc45)ccc4ccccc34)cc21. The quantitative estimate of drug-likeness (QED) is 0.152. The molecule has 294 valence electrons. The summed E-state index contributed by atoms with van der Waals surface area (Å²) in [4.78, 5) is 2.56. The lowest BCUT2D eigenvalue weighted by Gasteiger charge is -2.32. The molecule has 2 aliphatic carbocycles. The van der Waals surface area contributed by atoms with Crippen LogP contribution in [0.15, 0.2) is 176 Å². The van der Waals surface area contributed by atoms with E-state index >= 15 is 0 Å². The summed E-state index contributed by atoms with van der Waals surface area (Å²) in [5.74, 6) is 0. The van der Waals surface area contributed by atoms with Gasteiger partial charge in [-0.2, -0.15) is 0 Å². The van der Waals surface area contributed by atoms with Crippen LogP contribution in [0.5, 0.6) is 0 Å². The fraction of sp³-hybridized carbons (Fsp3) is 0.186. The van der Waals surface area contributed by atoms with Crippen molar-refractivity contribution < 1.29 is 0 Å². The third-order valence-corrected chi connectivity index (χ3v) is 13.9. The van der Waals surface area contributed by atoms with Crippen molar-refractivity contribution in [3.63, 3.8) is 0 Å². The Hall–Kier alpha value is -6.44. The molecule has 10 rings (SSSR count). The summed E-state index contributed by atoms with van der Waals surface area (Å²) in [6.45, 7) is 22.7. The second-order valence-corrected chi connectivity index (χ2v) is 19.0. The van der Waals surface area contributed by atoms with Crippen LogP contribution < -0.4 is 4.90 Å². The number of allylic oxidation sites excluding steroid dienone is 5. The Morgan fingerprint density at radius 2 is 1.17 bits per heavy atom. The topological polar surface area (TPSA) is 3.24 Å². The van der Waals surface area contributed by atoms with Crippen molar-refractivity contribution in [1.29, 1.82) is 0 Å². The number of anilines is 3. The molecule has 0 unspecified atom stereocenters. The molecule has 0 amide bonds. The van der Waals surface area contributed by atoms with Gasteiger partial charge in [-0.3, -0.25) is 0 Å². The Labute approximate surface area is 356 Å². The van der Waals surface area contributed by atoms with E-state index in [0.717, 1.165) is 11.4 Å². The molecule has 0 bridgehead atoms. The van der Waals surface area contributed by atoms with Gasteiger partial charge in [0, 0.05) is 27.5 Å². The predicted octanol–water partition coefficient (Wildman–Crippen LogP) is 16.7. The second kappa shape index (κ2) is 13.5. The average molecular weight is 776 g/mol. The molecular formula is C59H53N.